The molecular formula is C12H17BrClNO2. The van der Waals surface area contributed by atoms with Gasteiger partial charge in [-0.15, -0.1) is 12.4 Å². The van der Waals surface area contributed by atoms with Crippen molar-refractivity contribution in [1.82, 2.24) is 0 Å². The maximum atomic E-state index is 10.1. The van der Waals surface area contributed by atoms with Crippen molar-refractivity contribution in [2.45, 2.75) is 25.3 Å². The Morgan fingerprint density at radius 3 is 2.59 bits per heavy atom. The molecule has 1 aliphatic rings. The Morgan fingerprint density at radius 2 is 2.12 bits per heavy atom. The number of methoxy groups -OCH3 is 1. The number of benzene rings is 1. The van der Waals surface area contributed by atoms with Gasteiger partial charge in [0.1, 0.15) is 0 Å². The lowest BCUT2D eigenvalue weighted by molar-refractivity contribution is 0.258. The SMILES string of the molecule is COc1ccc(Br)c([C@@H](N)C2CCC2)c1O.Cl. The molecule has 0 aliphatic heterocycles. The van der Waals surface area contributed by atoms with Gasteiger partial charge in [0.05, 0.1) is 7.11 Å². The van der Waals surface area contributed by atoms with E-state index in [1.165, 1.54) is 6.42 Å². The molecule has 0 spiro atoms. The second-order valence-corrected chi connectivity index (χ2v) is 5.08. The van der Waals surface area contributed by atoms with Crippen molar-refractivity contribution in [2.24, 2.45) is 11.7 Å². The third-order valence-electron chi connectivity index (χ3n) is 3.34. The Hall–Kier alpha value is -0.450. The van der Waals surface area contributed by atoms with E-state index in [9.17, 15) is 5.11 Å². The highest BCUT2D eigenvalue weighted by molar-refractivity contribution is 9.10. The molecule has 0 bridgehead atoms. The minimum absolute atomic E-state index is 0. The predicted octanol–water partition coefficient (Wildman–Crippen LogP) is 3.39. The third-order valence-corrected chi connectivity index (χ3v) is 4.03. The van der Waals surface area contributed by atoms with Crippen LogP contribution in [0.5, 0.6) is 11.5 Å². The van der Waals surface area contributed by atoms with Crippen LogP contribution in [-0.2, 0) is 0 Å². The molecule has 0 amide bonds. The van der Waals surface area contributed by atoms with Gasteiger partial charge in [0, 0.05) is 16.1 Å². The Morgan fingerprint density at radius 1 is 1.47 bits per heavy atom. The standard InChI is InChI=1S/C12H16BrNO2.ClH/c1-16-9-6-5-8(13)10(12(9)15)11(14)7-3-2-4-7;/h5-7,11,15H,2-4,14H2,1H3;1H/t11-;/m0./s1. The molecule has 3 nitrogen and oxygen atoms in total. The van der Waals surface area contributed by atoms with Crippen molar-refractivity contribution < 1.29 is 9.84 Å². The van der Waals surface area contributed by atoms with Crippen molar-refractivity contribution in [3.63, 3.8) is 0 Å². The first kappa shape index (κ1) is 14.6. The van der Waals surface area contributed by atoms with Gasteiger partial charge in [-0.25, -0.2) is 0 Å². The number of hydrogen-bond donors (Lipinski definition) is 2. The van der Waals surface area contributed by atoms with Gasteiger partial charge in [0.25, 0.3) is 0 Å². The van der Waals surface area contributed by atoms with Crippen molar-refractivity contribution >= 4 is 28.3 Å². The number of hydrogen-bond acceptors (Lipinski definition) is 3. The van der Waals surface area contributed by atoms with Gasteiger partial charge in [0.15, 0.2) is 11.5 Å². The van der Waals surface area contributed by atoms with Gasteiger partial charge < -0.3 is 15.6 Å². The number of aromatic hydroxyl groups is 1. The van der Waals surface area contributed by atoms with Gasteiger partial charge in [-0.05, 0) is 30.9 Å². The summed E-state index contributed by atoms with van der Waals surface area (Å²) in [6, 6.07) is 3.49. The molecule has 1 fully saturated rings. The molecule has 0 radical (unpaired) electrons. The molecule has 96 valence electrons. The van der Waals surface area contributed by atoms with E-state index in [1.807, 2.05) is 6.07 Å². The van der Waals surface area contributed by atoms with E-state index in [1.54, 1.807) is 13.2 Å². The quantitative estimate of drug-likeness (QED) is 0.897. The van der Waals surface area contributed by atoms with Crippen molar-refractivity contribution in [3.8, 4) is 11.5 Å². The molecular weight excluding hydrogens is 305 g/mol. The van der Waals surface area contributed by atoms with Crippen LogP contribution >= 0.6 is 28.3 Å². The molecule has 0 aromatic heterocycles. The van der Waals surface area contributed by atoms with E-state index in [0.717, 1.165) is 22.9 Å². The van der Waals surface area contributed by atoms with Crippen LogP contribution in [0.3, 0.4) is 0 Å². The summed E-state index contributed by atoms with van der Waals surface area (Å²) < 4.78 is 5.95. The molecule has 5 heteroatoms. The topological polar surface area (TPSA) is 55.5 Å². The number of phenolic OH excluding ortho intramolecular Hbond substituents is 1. The average Bonchev–Trinajstić information content (AvgIpc) is 2.15. The first-order valence-corrected chi connectivity index (χ1v) is 6.25. The Labute approximate surface area is 116 Å². The molecule has 2 rings (SSSR count). The number of phenols is 1. The van der Waals surface area contributed by atoms with E-state index in [-0.39, 0.29) is 24.2 Å². The first-order chi connectivity index (χ1) is 7.65. The first-order valence-electron chi connectivity index (χ1n) is 5.46. The summed E-state index contributed by atoms with van der Waals surface area (Å²) in [4.78, 5) is 0. The highest BCUT2D eigenvalue weighted by Crippen LogP contribution is 2.44. The van der Waals surface area contributed by atoms with Gasteiger partial charge in [-0.3, -0.25) is 0 Å². The van der Waals surface area contributed by atoms with Crippen LogP contribution in [0.2, 0.25) is 0 Å². The second-order valence-electron chi connectivity index (χ2n) is 4.23. The largest absolute Gasteiger partial charge is 0.504 e. The maximum Gasteiger partial charge on any atom is 0.163 e. The Balaban J connectivity index is 0.00000144. The van der Waals surface area contributed by atoms with E-state index < -0.39 is 0 Å². The zero-order valence-electron chi connectivity index (χ0n) is 9.65. The lowest BCUT2D eigenvalue weighted by Gasteiger charge is -2.32. The van der Waals surface area contributed by atoms with Crippen LogP contribution in [-0.4, -0.2) is 12.2 Å². The van der Waals surface area contributed by atoms with Crippen LogP contribution in [0.4, 0.5) is 0 Å². The molecule has 1 saturated carbocycles. The third kappa shape index (κ3) is 2.69. The number of nitrogens with two attached hydrogens (primary N) is 1. The highest BCUT2D eigenvalue weighted by Gasteiger charge is 2.29. The molecule has 1 aliphatic carbocycles. The lowest BCUT2D eigenvalue weighted by Crippen LogP contribution is -2.27. The zero-order valence-corrected chi connectivity index (χ0v) is 12.1. The van der Waals surface area contributed by atoms with Gasteiger partial charge in [-0.2, -0.15) is 0 Å². The van der Waals surface area contributed by atoms with Crippen molar-refractivity contribution in [1.29, 1.82) is 0 Å². The predicted molar refractivity (Wildman–Crippen MR) is 73.9 cm³/mol. The summed E-state index contributed by atoms with van der Waals surface area (Å²) in [5.41, 5.74) is 6.95. The summed E-state index contributed by atoms with van der Waals surface area (Å²) in [5.74, 6) is 1.12. The fourth-order valence-electron chi connectivity index (χ4n) is 2.08. The van der Waals surface area contributed by atoms with Crippen molar-refractivity contribution in [2.75, 3.05) is 7.11 Å². The number of rotatable bonds is 3. The number of ether oxygens (including phenoxy) is 1. The summed E-state index contributed by atoms with van der Waals surface area (Å²) in [6.07, 6.45) is 3.52. The smallest absolute Gasteiger partial charge is 0.163 e. The monoisotopic (exact) mass is 321 g/mol. The fourth-order valence-corrected chi connectivity index (χ4v) is 2.66. The van der Waals surface area contributed by atoms with Gasteiger partial charge in [-0.1, -0.05) is 22.4 Å². The van der Waals surface area contributed by atoms with Gasteiger partial charge in [0.2, 0.25) is 0 Å². The molecule has 0 saturated heterocycles. The summed E-state index contributed by atoms with van der Waals surface area (Å²) >= 11 is 3.44. The minimum Gasteiger partial charge on any atom is -0.504 e. The molecule has 0 unspecified atom stereocenters. The highest BCUT2D eigenvalue weighted by atomic mass is 79.9. The molecule has 17 heavy (non-hydrogen) atoms. The molecule has 1 atom stereocenters. The maximum absolute atomic E-state index is 10.1. The summed E-state index contributed by atoms with van der Waals surface area (Å²) in [7, 11) is 1.54. The average molecular weight is 323 g/mol. The number of halogens is 2. The van der Waals surface area contributed by atoms with Crippen LogP contribution in [0, 0.1) is 5.92 Å². The summed E-state index contributed by atoms with van der Waals surface area (Å²) in [6.45, 7) is 0. The zero-order chi connectivity index (χ0) is 11.7. The van der Waals surface area contributed by atoms with Crippen LogP contribution < -0.4 is 10.5 Å². The minimum atomic E-state index is -0.113. The van der Waals surface area contributed by atoms with E-state index in [4.69, 9.17) is 10.5 Å². The van der Waals surface area contributed by atoms with E-state index in [0.29, 0.717) is 11.7 Å². The Bertz CT molecular complexity index is 396. The normalized spacial score (nSPS) is 16.9. The van der Waals surface area contributed by atoms with Crippen molar-refractivity contribution in [3.05, 3.63) is 22.2 Å². The molecule has 3 N–H and O–H groups in total. The van der Waals surface area contributed by atoms with E-state index >= 15 is 0 Å². The van der Waals surface area contributed by atoms with Gasteiger partial charge >= 0.3 is 0 Å². The lowest BCUT2D eigenvalue weighted by atomic mass is 9.77. The van der Waals surface area contributed by atoms with Crippen LogP contribution in [0.1, 0.15) is 30.9 Å². The van der Waals surface area contributed by atoms with Crippen LogP contribution in [0.15, 0.2) is 16.6 Å². The molecule has 1 aromatic rings. The van der Waals surface area contributed by atoms with Crippen LogP contribution in [0.25, 0.3) is 0 Å². The Kier molecular flexibility index (Phi) is 5.10. The molecule has 1 aromatic carbocycles. The second kappa shape index (κ2) is 5.94. The fraction of sp³-hybridized carbons (Fsp3) is 0.500. The molecule has 0 heterocycles. The van der Waals surface area contributed by atoms with E-state index in [2.05, 4.69) is 15.9 Å². The summed E-state index contributed by atoms with van der Waals surface area (Å²) in [5, 5.41) is 10.1.